The summed E-state index contributed by atoms with van der Waals surface area (Å²) in [6.45, 7) is 9.60. The highest BCUT2D eigenvalue weighted by Crippen LogP contribution is 2.14. The van der Waals surface area contributed by atoms with Gasteiger partial charge in [0, 0.05) is 39.3 Å². The lowest BCUT2D eigenvalue weighted by Gasteiger charge is -2.22. The smallest absolute Gasteiger partial charge is 0.348 e. The molecule has 0 aliphatic rings. The zero-order valence-corrected chi connectivity index (χ0v) is 44.4. The SMILES string of the molecule is CCCCCCCCOC(=O)/C(C#N)=C/C=C/N(CCCCCCN(/C=C/C=C(\C#N)C(=O)OC)Cc1ccccc1)CCCCCCN(/C=C/C=C(\C#N)C(=O)OCCCCCCCC)Cc1ccccc1. The molecular formula is C61H84N6O6. The van der Waals surface area contributed by atoms with Crippen molar-refractivity contribution in [3.63, 3.8) is 0 Å². The number of carbonyl (C=O) groups is 3. The van der Waals surface area contributed by atoms with Gasteiger partial charge in [-0.15, -0.1) is 0 Å². The Morgan fingerprint density at radius 3 is 1.11 bits per heavy atom. The summed E-state index contributed by atoms with van der Waals surface area (Å²) in [6.07, 6.45) is 36.5. The van der Waals surface area contributed by atoms with Crippen molar-refractivity contribution in [2.24, 2.45) is 0 Å². The first-order valence-corrected chi connectivity index (χ1v) is 26.9. The van der Waals surface area contributed by atoms with Crippen molar-refractivity contribution in [3.8, 4) is 18.2 Å². The maximum absolute atomic E-state index is 12.7. The molecule has 0 spiro atoms. The van der Waals surface area contributed by atoms with E-state index in [1.165, 1.54) is 57.3 Å². The van der Waals surface area contributed by atoms with Gasteiger partial charge in [-0.1, -0.05) is 164 Å². The van der Waals surface area contributed by atoms with E-state index in [9.17, 15) is 30.2 Å². The molecule has 0 aliphatic carbocycles. The Morgan fingerprint density at radius 2 is 0.753 bits per heavy atom. The van der Waals surface area contributed by atoms with Crippen LogP contribution in [0.4, 0.5) is 0 Å². The maximum Gasteiger partial charge on any atom is 0.348 e. The summed E-state index contributed by atoms with van der Waals surface area (Å²) in [5, 5.41) is 28.8. The van der Waals surface area contributed by atoms with Crippen molar-refractivity contribution in [3.05, 3.63) is 144 Å². The fraction of sp³-hybridized carbons (Fsp3) is 0.508. The van der Waals surface area contributed by atoms with Gasteiger partial charge in [0.05, 0.1) is 20.3 Å². The van der Waals surface area contributed by atoms with E-state index >= 15 is 0 Å². The van der Waals surface area contributed by atoms with Crippen molar-refractivity contribution in [1.82, 2.24) is 14.7 Å². The number of rotatable bonds is 41. The highest BCUT2D eigenvalue weighted by atomic mass is 16.5. The minimum absolute atomic E-state index is 0.0128. The summed E-state index contributed by atoms with van der Waals surface area (Å²) in [5.41, 5.74) is 2.23. The first-order valence-electron chi connectivity index (χ1n) is 26.9. The molecule has 2 rings (SSSR count). The Balaban J connectivity index is 2.05. The zero-order chi connectivity index (χ0) is 52.8. The van der Waals surface area contributed by atoms with Crippen LogP contribution in [0.5, 0.6) is 0 Å². The number of hydrogen-bond acceptors (Lipinski definition) is 12. The number of benzene rings is 2. The summed E-state index contributed by atoms with van der Waals surface area (Å²) >= 11 is 0. The van der Waals surface area contributed by atoms with Crippen LogP contribution < -0.4 is 0 Å². The second kappa shape index (κ2) is 42.8. The molecule has 12 heteroatoms. The first-order chi connectivity index (χ1) is 35.8. The van der Waals surface area contributed by atoms with Crippen molar-refractivity contribution in [2.45, 2.75) is 155 Å². The van der Waals surface area contributed by atoms with Gasteiger partial charge in [-0.05, 0) is 105 Å². The lowest BCUT2D eigenvalue weighted by molar-refractivity contribution is -0.139. The fourth-order valence-corrected chi connectivity index (χ4v) is 7.87. The number of carbonyl (C=O) groups excluding carboxylic acids is 3. The van der Waals surface area contributed by atoms with E-state index in [1.54, 1.807) is 30.4 Å². The monoisotopic (exact) mass is 997 g/mol. The Morgan fingerprint density at radius 1 is 0.438 bits per heavy atom. The molecule has 0 radical (unpaired) electrons. The fourth-order valence-electron chi connectivity index (χ4n) is 7.87. The number of unbranched alkanes of at least 4 members (excludes halogenated alkanes) is 16. The molecule has 0 unspecified atom stereocenters. The van der Waals surface area contributed by atoms with Gasteiger partial charge in [0.15, 0.2) is 0 Å². The third-order valence-corrected chi connectivity index (χ3v) is 12.1. The standard InChI is InChI=1S/C61H84N6O6/c1-4-6-8-10-16-28-47-72-60(69)57(50-63)38-30-44-65(40-24-12-14-26-42-66(52-54-33-20-18-21-34-54)45-31-37-56(49-62)59(68)71-3)41-25-13-15-27-43-67(53-55-35-22-19-23-36-55)46-32-39-58(51-64)61(70)73-48-29-17-11-9-7-5-2/h18-23,30-39,44-46H,4-17,24-29,40-43,47-48,52-53H2,1-3H3/b44-30+,45-31+,46-32+,56-37+,57-38+,58-39+. The second-order valence-electron chi connectivity index (χ2n) is 18.2. The highest BCUT2D eigenvalue weighted by Gasteiger charge is 2.12. The van der Waals surface area contributed by atoms with Crippen LogP contribution in [0.25, 0.3) is 0 Å². The molecule has 0 atom stereocenters. The summed E-state index contributed by atoms with van der Waals surface area (Å²) < 4.78 is 15.5. The Bertz CT molecular complexity index is 2140. The van der Waals surface area contributed by atoms with Gasteiger partial charge >= 0.3 is 17.9 Å². The van der Waals surface area contributed by atoms with E-state index in [4.69, 9.17) is 14.2 Å². The van der Waals surface area contributed by atoms with Crippen LogP contribution in [0.2, 0.25) is 0 Å². The van der Waals surface area contributed by atoms with Gasteiger partial charge < -0.3 is 28.9 Å². The van der Waals surface area contributed by atoms with Gasteiger partial charge in [-0.2, -0.15) is 15.8 Å². The largest absolute Gasteiger partial charge is 0.465 e. The van der Waals surface area contributed by atoms with Crippen LogP contribution in [0.3, 0.4) is 0 Å². The Labute approximate surface area is 439 Å². The topological polar surface area (TPSA) is 160 Å². The number of methoxy groups -OCH3 is 1. The molecule has 73 heavy (non-hydrogen) atoms. The Hall–Kier alpha value is -6.84. The van der Waals surface area contributed by atoms with E-state index in [1.807, 2.05) is 73.2 Å². The molecule has 12 nitrogen and oxygen atoms in total. The summed E-state index contributed by atoms with van der Waals surface area (Å²) in [6, 6.07) is 26.3. The molecule has 0 saturated carbocycles. The van der Waals surface area contributed by atoms with Crippen molar-refractivity contribution in [2.75, 3.05) is 46.5 Å². The van der Waals surface area contributed by atoms with E-state index in [2.05, 4.69) is 52.8 Å². The molecule has 2 aromatic carbocycles. The van der Waals surface area contributed by atoms with Crippen LogP contribution in [0.15, 0.2) is 132 Å². The molecule has 0 aromatic heterocycles. The molecule has 0 bridgehead atoms. The van der Waals surface area contributed by atoms with Gasteiger partial charge in [0.1, 0.15) is 34.9 Å². The minimum Gasteiger partial charge on any atom is -0.465 e. The van der Waals surface area contributed by atoms with Gasteiger partial charge in [0.2, 0.25) is 0 Å². The average Bonchev–Trinajstić information content (AvgIpc) is 3.41. The number of nitrogens with zero attached hydrogens (tertiary/aromatic N) is 6. The maximum atomic E-state index is 12.7. The van der Waals surface area contributed by atoms with E-state index in [0.29, 0.717) is 26.3 Å². The summed E-state index contributed by atoms with van der Waals surface area (Å²) in [5.74, 6) is -1.84. The predicted molar refractivity (Wildman–Crippen MR) is 291 cm³/mol. The first kappa shape index (κ1) is 62.3. The summed E-state index contributed by atoms with van der Waals surface area (Å²) in [7, 11) is 1.26. The second-order valence-corrected chi connectivity index (χ2v) is 18.2. The molecule has 0 heterocycles. The molecule has 394 valence electrons. The summed E-state index contributed by atoms with van der Waals surface area (Å²) in [4.78, 5) is 43.9. The van der Waals surface area contributed by atoms with Crippen LogP contribution in [-0.4, -0.2) is 79.1 Å². The number of allylic oxidation sites excluding steroid dienone is 6. The molecule has 0 fully saturated rings. The van der Waals surface area contributed by atoms with Crippen LogP contribution in [0.1, 0.15) is 153 Å². The van der Waals surface area contributed by atoms with E-state index in [0.717, 1.165) is 122 Å². The number of ether oxygens (including phenoxy) is 3. The minimum atomic E-state index is -0.666. The third kappa shape index (κ3) is 31.3. The molecular weight excluding hydrogens is 913 g/mol. The number of nitriles is 3. The normalized spacial score (nSPS) is 11.9. The van der Waals surface area contributed by atoms with Crippen molar-refractivity contribution < 1.29 is 28.6 Å². The van der Waals surface area contributed by atoms with E-state index in [-0.39, 0.29) is 16.7 Å². The number of esters is 3. The van der Waals surface area contributed by atoms with Gasteiger partial charge in [-0.25, -0.2) is 14.4 Å². The third-order valence-electron chi connectivity index (χ3n) is 12.1. The average molecular weight is 997 g/mol. The quantitative estimate of drug-likeness (QED) is 0.0155. The molecule has 2 aromatic rings. The van der Waals surface area contributed by atoms with Crippen molar-refractivity contribution in [1.29, 1.82) is 15.8 Å². The molecule has 0 saturated heterocycles. The predicted octanol–water partition coefficient (Wildman–Crippen LogP) is 13.3. The van der Waals surface area contributed by atoms with Gasteiger partial charge in [0.25, 0.3) is 0 Å². The highest BCUT2D eigenvalue weighted by molar-refractivity contribution is 5.94. The Kier molecular flexibility index (Phi) is 36.5. The lowest BCUT2D eigenvalue weighted by Crippen LogP contribution is -2.21. The zero-order valence-electron chi connectivity index (χ0n) is 44.4. The molecule has 0 amide bonds. The molecule has 0 N–H and O–H groups in total. The number of hydrogen-bond donors (Lipinski definition) is 0. The van der Waals surface area contributed by atoms with Crippen molar-refractivity contribution >= 4 is 17.9 Å². The van der Waals surface area contributed by atoms with Gasteiger partial charge in [-0.3, -0.25) is 0 Å². The van der Waals surface area contributed by atoms with Crippen LogP contribution in [-0.2, 0) is 41.7 Å². The van der Waals surface area contributed by atoms with Crippen LogP contribution in [0, 0.1) is 34.0 Å². The lowest BCUT2D eigenvalue weighted by atomic mass is 10.1. The van der Waals surface area contributed by atoms with E-state index < -0.39 is 17.9 Å². The van der Waals surface area contributed by atoms with Crippen LogP contribution >= 0.6 is 0 Å². The molecule has 0 aliphatic heterocycles.